The van der Waals surface area contributed by atoms with Gasteiger partial charge in [0.1, 0.15) is 5.82 Å². The minimum absolute atomic E-state index is 0.297. The van der Waals surface area contributed by atoms with Gasteiger partial charge < -0.3 is 10.7 Å². The molecule has 0 spiro atoms. The van der Waals surface area contributed by atoms with Crippen LogP contribution in [0.4, 0.5) is 0 Å². The number of aromatic amines is 1. The number of rotatable bonds is 4. The zero-order valence-electron chi connectivity index (χ0n) is 12.6. The molecule has 1 aromatic rings. The summed E-state index contributed by atoms with van der Waals surface area (Å²) in [5, 5.41) is 0. The van der Waals surface area contributed by atoms with Crippen molar-refractivity contribution in [2.45, 2.75) is 64.3 Å². The molecule has 0 saturated heterocycles. The van der Waals surface area contributed by atoms with Crippen molar-refractivity contribution in [2.24, 2.45) is 28.9 Å². The summed E-state index contributed by atoms with van der Waals surface area (Å²) in [5.74, 6) is 4.09. The van der Waals surface area contributed by atoms with Crippen LogP contribution in [0.25, 0.3) is 0 Å². The smallest absolute Gasteiger partial charge is 0.103 e. The van der Waals surface area contributed by atoms with Gasteiger partial charge in [0.15, 0.2) is 0 Å². The Morgan fingerprint density at radius 1 is 1.25 bits per heavy atom. The summed E-state index contributed by atoms with van der Waals surface area (Å²) >= 11 is 0. The van der Waals surface area contributed by atoms with Gasteiger partial charge in [0.05, 0.1) is 0 Å². The minimum atomic E-state index is 0.297. The number of hydrogen-bond donors (Lipinski definition) is 2. The van der Waals surface area contributed by atoms with Crippen molar-refractivity contribution in [1.82, 2.24) is 9.97 Å². The first kappa shape index (κ1) is 12.9. The van der Waals surface area contributed by atoms with E-state index in [-0.39, 0.29) is 0 Å². The fourth-order valence-electron chi connectivity index (χ4n) is 6.03. The molecule has 20 heavy (non-hydrogen) atoms. The van der Waals surface area contributed by atoms with E-state index in [1.807, 2.05) is 13.1 Å². The van der Waals surface area contributed by atoms with Gasteiger partial charge in [0.25, 0.3) is 0 Å². The normalized spacial score (nSPS) is 40.2. The third-order valence-electron chi connectivity index (χ3n) is 6.10. The van der Waals surface area contributed by atoms with Gasteiger partial charge >= 0.3 is 0 Å². The number of H-pyrrole nitrogens is 1. The SMILES string of the molecule is Cc1ncc(CC(N)CC23CC4CC(CC(C4)C2)C3)[nH]1. The van der Waals surface area contributed by atoms with Gasteiger partial charge in [-0.3, -0.25) is 0 Å². The summed E-state index contributed by atoms with van der Waals surface area (Å²) in [5.41, 5.74) is 8.30. The zero-order valence-corrected chi connectivity index (χ0v) is 12.6. The fraction of sp³-hybridized carbons (Fsp3) is 0.824. The summed E-state index contributed by atoms with van der Waals surface area (Å²) in [6, 6.07) is 0.297. The van der Waals surface area contributed by atoms with Crippen molar-refractivity contribution >= 4 is 0 Å². The molecule has 3 nitrogen and oxygen atoms in total. The molecule has 4 fully saturated rings. The summed E-state index contributed by atoms with van der Waals surface area (Å²) < 4.78 is 0. The first-order chi connectivity index (χ1) is 9.60. The number of nitrogens with one attached hydrogen (secondary N) is 1. The molecule has 4 saturated carbocycles. The fourth-order valence-corrected chi connectivity index (χ4v) is 6.03. The number of imidazole rings is 1. The lowest BCUT2D eigenvalue weighted by Crippen LogP contribution is -2.48. The van der Waals surface area contributed by atoms with Crippen LogP contribution in [0.2, 0.25) is 0 Å². The highest BCUT2D eigenvalue weighted by Crippen LogP contribution is 2.61. The number of aryl methyl sites for hydroxylation is 1. The molecule has 4 aliphatic rings. The van der Waals surface area contributed by atoms with E-state index in [2.05, 4.69) is 9.97 Å². The third kappa shape index (κ3) is 2.30. The molecule has 1 aromatic heterocycles. The molecule has 0 amide bonds. The van der Waals surface area contributed by atoms with Crippen molar-refractivity contribution < 1.29 is 0 Å². The second kappa shape index (κ2) is 4.59. The maximum absolute atomic E-state index is 6.49. The van der Waals surface area contributed by atoms with Crippen LogP contribution >= 0.6 is 0 Å². The average Bonchev–Trinajstić information content (AvgIpc) is 2.71. The molecule has 3 N–H and O–H groups in total. The van der Waals surface area contributed by atoms with Crippen molar-refractivity contribution in [3.8, 4) is 0 Å². The van der Waals surface area contributed by atoms with Gasteiger partial charge in [-0.2, -0.15) is 0 Å². The van der Waals surface area contributed by atoms with E-state index in [1.54, 1.807) is 0 Å². The number of nitrogens with zero attached hydrogens (tertiary/aromatic N) is 1. The van der Waals surface area contributed by atoms with Crippen LogP contribution in [-0.4, -0.2) is 16.0 Å². The Bertz CT molecular complexity index is 455. The van der Waals surface area contributed by atoms with Crippen LogP contribution in [0.5, 0.6) is 0 Å². The Kier molecular flexibility index (Phi) is 2.95. The molecular formula is C17H27N3. The van der Waals surface area contributed by atoms with Gasteiger partial charge in [-0.25, -0.2) is 4.98 Å². The largest absolute Gasteiger partial charge is 0.346 e. The Morgan fingerprint density at radius 2 is 1.85 bits per heavy atom. The molecule has 0 aliphatic heterocycles. The first-order valence-electron chi connectivity index (χ1n) is 8.36. The summed E-state index contributed by atoms with van der Waals surface area (Å²) in [7, 11) is 0. The van der Waals surface area contributed by atoms with Crippen molar-refractivity contribution in [2.75, 3.05) is 0 Å². The molecule has 4 bridgehead atoms. The Balaban J connectivity index is 1.43. The van der Waals surface area contributed by atoms with Crippen molar-refractivity contribution in [3.05, 3.63) is 17.7 Å². The first-order valence-corrected chi connectivity index (χ1v) is 8.36. The molecule has 4 aliphatic carbocycles. The Hall–Kier alpha value is -0.830. The maximum atomic E-state index is 6.49. The lowest BCUT2D eigenvalue weighted by atomic mass is 9.48. The molecule has 0 aromatic carbocycles. The molecule has 3 heteroatoms. The predicted molar refractivity (Wildman–Crippen MR) is 80.2 cm³/mol. The average molecular weight is 273 g/mol. The van der Waals surface area contributed by atoms with Gasteiger partial charge in [-0.1, -0.05) is 0 Å². The maximum Gasteiger partial charge on any atom is 0.103 e. The molecule has 1 unspecified atom stereocenters. The van der Waals surface area contributed by atoms with Gasteiger partial charge in [-0.15, -0.1) is 0 Å². The van der Waals surface area contributed by atoms with E-state index in [1.165, 1.54) is 50.6 Å². The Morgan fingerprint density at radius 3 is 2.35 bits per heavy atom. The van der Waals surface area contributed by atoms with E-state index in [9.17, 15) is 0 Å². The summed E-state index contributed by atoms with van der Waals surface area (Å²) in [4.78, 5) is 7.61. The third-order valence-corrected chi connectivity index (χ3v) is 6.10. The number of aromatic nitrogens is 2. The van der Waals surface area contributed by atoms with E-state index in [4.69, 9.17) is 5.73 Å². The van der Waals surface area contributed by atoms with E-state index in [0.717, 1.165) is 30.0 Å². The standard InChI is InChI=1S/C17H27N3/c1-11-19-10-16(20-11)5-15(18)9-17-6-12-2-13(7-17)4-14(3-12)8-17/h10,12-15H,2-9,18H2,1H3,(H,19,20). The number of hydrogen-bond acceptors (Lipinski definition) is 2. The quantitative estimate of drug-likeness (QED) is 0.885. The van der Waals surface area contributed by atoms with Crippen LogP contribution in [-0.2, 0) is 6.42 Å². The van der Waals surface area contributed by atoms with Crippen molar-refractivity contribution in [1.29, 1.82) is 0 Å². The molecule has 1 atom stereocenters. The summed E-state index contributed by atoms with van der Waals surface area (Å²) in [6.45, 7) is 2.01. The van der Waals surface area contributed by atoms with Gasteiger partial charge in [0, 0.05) is 24.4 Å². The second-order valence-electron chi connectivity index (χ2n) is 8.08. The predicted octanol–water partition coefficient (Wildman–Crippen LogP) is 3.19. The second-order valence-corrected chi connectivity index (χ2v) is 8.08. The molecule has 5 rings (SSSR count). The van der Waals surface area contributed by atoms with Crippen LogP contribution in [0.1, 0.15) is 56.5 Å². The number of nitrogens with two attached hydrogens (primary N) is 1. The Labute approximate surface area is 121 Å². The molecule has 0 radical (unpaired) electrons. The molecular weight excluding hydrogens is 246 g/mol. The minimum Gasteiger partial charge on any atom is -0.346 e. The lowest BCUT2D eigenvalue weighted by molar-refractivity contribution is -0.0603. The lowest BCUT2D eigenvalue weighted by Gasteiger charge is -2.57. The van der Waals surface area contributed by atoms with Crippen LogP contribution in [0.3, 0.4) is 0 Å². The van der Waals surface area contributed by atoms with Gasteiger partial charge in [-0.05, 0) is 75.0 Å². The van der Waals surface area contributed by atoms with Crippen LogP contribution in [0.15, 0.2) is 6.20 Å². The van der Waals surface area contributed by atoms with E-state index >= 15 is 0 Å². The van der Waals surface area contributed by atoms with Crippen LogP contribution < -0.4 is 5.73 Å². The highest BCUT2D eigenvalue weighted by molar-refractivity contribution is 5.06. The highest BCUT2D eigenvalue weighted by atomic mass is 14.9. The van der Waals surface area contributed by atoms with Gasteiger partial charge in [0.2, 0.25) is 0 Å². The zero-order chi connectivity index (χ0) is 13.7. The molecule has 1 heterocycles. The van der Waals surface area contributed by atoms with Crippen LogP contribution in [0, 0.1) is 30.1 Å². The topological polar surface area (TPSA) is 54.7 Å². The van der Waals surface area contributed by atoms with E-state index in [0.29, 0.717) is 11.5 Å². The van der Waals surface area contributed by atoms with E-state index < -0.39 is 0 Å². The highest BCUT2D eigenvalue weighted by Gasteiger charge is 2.50. The monoisotopic (exact) mass is 273 g/mol. The van der Waals surface area contributed by atoms with Crippen molar-refractivity contribution in [3.63, 3.8) is 0 Å². The molecule has 110 valence electrons. The summed E-state index contributed by atoms with van der Waals surface area (Å²) in [6.07, 6.45) is 13.1.